The predicted octanol–water partition coefficient (Wildman–Crippen LogP) is 2.99. The maximum absolute atomic E-state index is 13.1. The van der Waals surface area contributed by atoms with Gasteiger partial charge in [-0.25, -0.2) is 0 Å². The van der Waals surface area contributed by atoms with Crippen LogP contribution in [0.25, 0.3) is 5.76 Å². The van der Waals surface area contributed by atoms with Gasteiger partial charge in [0.2, 0.25) is 0 Å². The molecule has 1 unspecified atom stereocenters. The molecule has 0 radical (unpaired) electrons. The van der Waals surface area contributed by atoms with E-state index >= 15 is 0 Å². The summed E-state index contributed by atoms with van der Waals surface area (Å²) in [7, 11) is 3.74. The van der Waals surface area contributed by atoms with Gasteiger partial charge in [0.1, 0.15) is 17.3 Å². The minimum Gasteiger partial charge on any atom is -0.507 e. The van der Waals surface area contributed by atoms with Crippen LogP contribution in [0.2, 0.25) is 0 Å². The van der Waals surface area contributed by atoms with E-state index in [1.807, 2.05) is 25.9 Å². The molecule has 1 aliphatic heterocycles. The van der Waals surface area contributed by atoms with Crippen LogP contribution < -0.4 is 9.47 Å². The van der Waals surface area contributed by atoms with Gasteiger partial charge in [-0.15, -0.1) is 0 Å². The number of Topliss-reactive ketones (excluding diaryl/α,β-unsaturated/α-hetero) is 1. The van der Waals surface area contributed by atoms with E-state index in [9.17, 15) is 19.5 Å². The molecule has 2 aromatic rings. The van der Waals surface area contributed by atoms with Gasteiger partial charge in [0.05, 0.1) is 18.2 Å². The zero-order valence-electron chi connectivity index (χ0n) is 19.2. The Balaban J connectivity index is 2.11. The molecule has 8 nitrogen and oxygen atoms in total. The second kappa shape index (κ2) is 10.3. The van der Waals surface area contributed by atoms with Crippen molar-refractivity contribution >= 4 is 23.4 Å². The van der Waals surface area contributed by atoms with Gasteiger partial charge in [0, 0.05) is 25.6 Å². The van der Waals surface area contributed by atoms with Crippen molar-refractivity contribution in [1.82, 2.24) is 9.80 Å². The molecule has 1 heterocycles. The lowest BCUT2D eigenvalue weighted by atomic mass is 9.95. The third kappa shape index (κ3) is 5.40. The van der Waals surface area contributed by atoms with Gasteiger partial charge in [0.25, 0.3) is 11.7 Å². The highest BCUT2D eigenvalue weighted by atomic mass is 16.5. The molecule has 0 bridgehead atoms. The highest BCUT2D eigenvalue weighted by Gasteiger charge is 2.46. The molecule has 1 saturated heterocycles. The van der Waals surface area contributed by atoms with Crippen LogP contribution in [0.3, 0.4) is 0 Å². The first-order valence-electron chi connectivity index (χ1n) is 10.7. The van der Waals surface area contributed by atoms with E-state index in [1.54, 1.807) is 48.5 Å². The minimum absolute atomic E-state index is 0.0112. The number of aliphatic hydroxyl groups excluding tert-OH is 1. The zero-order chi connectivity index (χ0) is 24.1. The Bertz CT molecular complexity index is 1070. The van der Waals surface area contributed by atoms with E-state index in [-0.39, 0.29) is 17.9 Å². The summed E-state index contributed by atoms with van der Waals surface area (Å²) in [6.45, 7) is 4.46. The summed E-state index contributed by atoms with van der Waals surface area (Å²) >= 11 is 0. The molecule has 0 saturated carbocycles. The van der Waals surface area contributed by atoms with E-state index in [1.165, 1.54) is 11.8 Å². The number of hydrogen-bond acceptors (Lipinski definition) is 7. The number of likely N-dealkylation sites (tertiary alicyclic amines) is 1. The van der Waals surface area contributed by atoms with Crippen LogP contribution in [0.4, 0.5) is 0 Å². The van der Waals surface area contributed by atoms with Crippen LogP contribution in [-0.2, 0) is 14.4 Å². The van der Waals surface area contributed by atoms with Gasteiger partial charge in [-0.2, -0.15) is 0 Å². The minimum atomic E-state index is -0.827. The van der Waals surface area contributed by atoms with Crippen LogP contribution in [0.1, 0.15) is 31.0 Å². The lowest BCUT2D eigenvalue weighted by molar-refractivity contribution is -0.140. The molecule has 0 aromatic heterocycles. The van der Waals surface area contributed by atoms with Gasteiger partial charge >= 0.3 is 5.97 Å². The second-order valence-corrected chi connectivity index (χ2v) is 7.92. The second-order valence-electron chi connectivity index (χ2n) is 7.92. The van der Waals surface area contributed by atoms with Gasteiger partial charge in [-0.1, -0.05) is 12.1 Å². The predicted molar refractivity (Wildman–Crippen MR) is 123 cm³/mol. The van der Waals surface area contributed by atoms with Crippen molar-refractivity contribution in [3.8, 4) is 11.5 Å². The number of hydrogen-bond donors (Lipinski definition) is 1. The van der Waals surface area contributed by atoms with Crippen molar-refractivity contribution in [3.63, 3.8) is 0 Å². The first-order valence-corrected chi connectivity index (χ1v) is 10.7. The molecule has 174 valence electrons. The molecule has 3 rings (SSSR count). The van der Waals surface area contributed by atoms with Crippen molar-refractivity contribution < 1.29 is 29.0 Å². The largest absolute Gasteiger partial charge is 0.507 e. The van der Waals surface area contributed by atoms with Crippen molar-refractivity contribution in [3.05, 3.63) is 65.2 Å². The van der Waals surface area contributed by atoms with Crippen molar-refractivity contribution in [2.45, 2.75) is 19.9 Å². The molecule has 8 heteroatoms. The first-order chi connectivity index (χ1) is 15.7. The van der Waals surface area contributed by atoms with Crippen molar-refractivity contribution in [1.29, 1.82) is 0 Å². The standard InChI is InChI=1S/C25H28N2O6/c1-5-32-19-11-9-17(10-12-19)23(29)21-22(18-7-6-8-20(15-18)33-16(2)28)27(14-13-26(3)4)25(31)24(21)30/h6-12,15,22,29H,5,13-14H2,1-4H3/b23-21-. The van der Waals surface area contributed by atoms with E-state index in [4.69, 9.17) is 9.47 Å². The number of ketones is 1. The summed E-state index contributed by atoms with van der Waals surface area (Å²) in [6.07, 6.45) is 0. The number of carbonyl (C=O) groups excluding carboxylic acids is 3. The molecule has 1 amide bonds. The third-order valence-electron chi connectivity index (χ3n) is 5.20. The zero-order valence-corrected chi connectivity index (χ0v) is 19.2. The number of esters is 1. The molecule has 1 aliphatic rings. The topological polar surface area (TPSA) is 96.4 Å². The number of rotatable bonds is 8. The Morgan fingerprint density at radius 1 is 1.09 bits per heavy atom. The SMILES string of the molecule is CCOc1ccc(/C(O)=C2/C(=O)C(=O)N(CCN(C)C)C2c2cccc(OC(C)=O)c2)cc1. The van der Waals surface area contributed by atoms with Gasteiger partial charge in [-0.05, 0) is 63.0 Å². The Morgan fingerprint density at radius 3 is 2.39 bits per heavy atom. The van der Waals surface area contributed by atoms with Crippen LogP contribution in [0.15, 0.2) is 54.1 Å². The molecular formula is C25H28N2O6. The number of aliphatic hydroxyl groups is 1. The normalized spacial score (nSPS) is 17.5. The molecule has 33 heavy (non-hydrogen) atoms. The summed E-state index contributed by atoms with van der Waals surface area (Å²) in [5, 5.41) is 11.1. The van der Waals surface area contributed by atoms with Gasteiger partial charge in [0.15, 0.2) is 0 Å². The molecule has 0 spiro atoms. The average molecular weight is 453 g/mol. The van der Waals surface area contributed by atoms with E-state index in [0.717, 1.165) is 0 Å². The Hall–Kier alpha value is -3.65. The van der Waals surface area contributed by atoms with Crippen LogP contribution in [-0.4, -0.2) is 66.4 Å². The van der Waals surface area contributed by atoms with Crippen LogP contribution in [0.5, 0.6) is 11.5 Å². The quantitative estimate of drug-likeness (QED) is 0.216. The maximum Gasteiger partial charge on any atom is 0.308 e. The van der Waals surface area contributed by atoms with E-state index < -0.39 is 23.7 Å². The lowest BCUT2D eigenvalue weighted by Crippen LogP contribution is -2.35. The number of ether oxygens (including phenoxy) is 2. The Morgan fingerprint density at radius 2 is 1.79 bits per heavy atom. The molecule has 1 atom stereocenters. The first kappa shape index (κ1) is 24.0. The summed E-state index contributed by atoms with van der Waals surface area (Å²) in [5.41, 5.74) is 0.937. The van der Waals surface area contributed by atoms with Crippen LogP contribution >= 0.6 is 0 Å². The lowest BCUT2D eigenvalue weighted by Gasteiger charge is -2.26. The summed E-state index contributed by atoms with van der Waals surface area (Å²) < 4.78 is 10.6. The Labute approximate surface area is 193 Å². The fourth-order valence-electron chi connectivity index (χ4n) is 3.71. The average Bonchev–Trinajstić information content (AvgIpc) is 3.02. The highest BCUT2D eigenvalue weighted by molar-refractivity contribution is 6.46. The molecule has 0 aliphatic carbocycles. The number of amides is 1. The number of nitrogens with zero attached hydrogens (tertiary/aromatic N) is 2. The fraction of sp³-hybridized carbons (Fsp3) is 0.320. The third-order valence-corrected chi connectivity index (χ3v) is 5.20. The summed E-state index contributed by atoms with van der Waals surface area (Å²) in [6, 6.07) is 12.5. The fourth-order valence-corrected chi connectivity index (χ4v) is 3.71. The molecule has 1 fully saturated rings. The Kier molecular flexibility index (Phi) is 7.50. The van der Waals surface area contributed by atoms with E-state index in [0.29, 0.717) is 35.8 Å². The maximum atomic E-state index is 13.1. The number of likely N-dealkylation sites (N-methyl/N-ethyl adjacent to an activating group) is 1. The van der Waals surface area contributed by atoms with E-state index in [2.05, 4.69) is 0 Å². The number of benzene rings is 2. The molecular weight excluding hydrogens is 424 g/mol. The van der Waals surface area contributed by atoms with Crippen molar-refractivity contribution in [2.75, 3.05) is 33.8 Å². The highest BCUT2D eigenvalue weighted by Crippen LogP contribution is 2.40. The molecule has 2 aromatic carbocycles. The summed E-state index contributed by atoms with van der Waals surface area (Å²) in [5.74, 6) is -1.28. The monoisotopic (exact) mass is 452 g/mol. The molecule has 1 N–H and O–H groups in total. The van der Waals surface area contributed by atoms with Crippen LogP contribution in [0, 0.1) is 0 Å². The summed E-state index contributed by atoms with van der Waals surface area (Å²) in [4.78, 5) is 40.8. The smallest absolute Gasteiger partial charge is 0.308 e. The van der Waals surface area contributed by atoms with Gasteiger partial charge < -0.3 is 24.4 Å². The number of carbonyl (C=O) groups is 3. The van der Waals surface area contributed by atoms with Crippen molar-refractivity contribution in [2.24, 2.45) is 0 Å². The van der Waals surface area contributed by atoms with Gasteiger partial charge in [-0.3, -0.25) is 14.4 Å².